The number of benzene rings is 1. The Morgan fingerprint density at radius 3 is 2.90 bits per heavy atom. The molecule has 6 heteroatoms. The molecule has 0 radical (unpaired) electrons. The predicted octanol–water partition coefficient (Wildman–Crippen LogP) is 1.87. The van der Waals surface area contributed by atoms with E-state index in [0.29, 0.717) is 18.5 Å². The molecule has 0 amide bonds. The SMILES string of the molecule is CCCn1c(=O)oc2cc(C(N)CCC(=O)O)ccc21. The molecule has 0 saturated carbocycles. The quantitative estimate of drug-likeness (QED) is 0.840. The van der Waals surface area contributed by atoms with Gasteiger partial charge in [-0.2, -0.15) is 0 Å². The van der Waals surface area contributed by atoms with Crippen molar-refractivity contribution in [1.29, 1.82) is 0 Å². The molecule has 1 atom stereocenters. The van der Waals surface area contributed by atoms with Gasteiger partial charge < -0.3 is 15.3 Å². The molecule has 0 fully saturated rings. The van der Waals surface area contributed by atoms with Crippen molar-refractivity contribution in [2.75, 3.05) is 0 Å². The Labute approximate surface area is 115 Å². The number of oxazole rings is 1. The first-order valence-electron chi connectivity index (χ1n) is 6.63. The summed E-state index contributed by atoms with van der Waals surface area (Å²) in [6, 6.07) is 4.95. The molecule has 2 aromatic rings. The van der Waals surface area contributed by atoms with Gasteiger partial charge in [-0.1, -0.05) is 13.0 Å². The fourth-order valence-corrected chi connectivity index (χ4v) is 2.19. The molecular formula is C14H18N2O4. The minimum Gasteiger partial charge on any atom is -0.481 e. The third-order valence-electron chi connectivity index (χ3n) is 3.24. The number of hydrogen-bond acceptors (Lipinski definition) is 4. The second kappa shape index (κ2) is 5.92. The molecule has 1 unspecified atom stereocenters. The Hall–Kier alpha value is -2.08. The first kappa shape index (κ1) is 14.3. The topological polar surface area (TPSA) is 98.5 Å². The van der Waals surface area contributed by atoms with Crippen molar-refractivity contribution in [3.05, 3.63) is 34.3 Å². The summed E-state index contributed by atoms with van der Waals surface area (Å²) in [6.45, 7) is 2.59. The van der Waals surface area contributed by atoms with Gasteiger partial charge in [0.05, 0.1) is 5.52 Å². The molecule has 1 aromatic carbocycles. The summed E-state index contributed by atoms with van der Waals surface area (Å²) in [5, 5.41) is 8.66. The van der Waals surface area contributed by atoms with E-state index in [1.54, 1.807) is 16.7 Å². The Balaban J connectivity index is 2.30. The molecule has 3 N–H and O–H groups in total. The number of rotatable bonds is 6. The third kappa shape index (κ3) is 2.91. The zero-order chi connectivity index (χ0) is 14.7. The van der Waals surface area contributed by atoms with Crippen LogP contribution < -0.4 is 11.5 Å². The summed E-state index contributed by atoms with van der Waals surface area (Å²) >= 11 is 0. The van der Waals surface area contributed by atoms with E-state index in [1.165, 1.54) is 0 Å². The van der Waals surface area contributed by atoms with Gasteiger partial charge in [0.1, 0.15) is 0 Å². The van der Waals surface area contributed by atoms with Gasteiger partial charge in [0.15, 0.2) is 5.58 Å². The van der Waals surface area contributed by atoms with Crippen LogP contribution in [0.4, 0.5) is 0 Å². The van der Waals surface area contributed by atoms with Gasteiger partial charge in [-0.15, -0.1) is 0 Å². The lowest BCUT2D eigenvalue weighted by atomic mass is 10.0. The summed E-state index contributed by atoms with van der Waals surface area (Å²) in [5.74, 6) is -1.25. The molecule has 0 saturated heterocycles. The highest BCUT2D eigenvalue weighted by Gasteiger charge is 2.13. The molecule has 0 aliphatic carbocycles. The molecule has 1 heterocycles. The maximum Gasteiger partial charge on any atom is 0.419 e. The summed E-state index contributed by atoms with van der Waals surface area (Å²) in [7, 11) is 0. The lowest BCUT2D eigenvalue weighted by Crippen LogP contribution is -2.13. The van der Waals surface area contributed by atoms with Crippen LogP contribution in [0.1, 0.15) is 37.8 Å². The molecule has 108 valence electrons. The Bertz CT molecular complexity index is 671. The molecule has 6 nitrogen and oxygen atoms in total. The monoisotopic (exact) mass is 278 g/mol. The van der Waals surface area contributed by atoms with Crippen LogP contribution in [-0.2, 0) is 11.3 Å². The van der Waals surface area contributed by atoms with E-state index in [-0.39, 0.29) is 18.2 Å². The second-order valence-electron chi connectivity index (χ2n) is 4.79. The number of carboxylic acid groups (broad SMARTS) is 1. The van der Waals surface area contributed by atoms with Crippen molar-refractivity contribution in [2.24, 2.45) is 5.73 Å². The smallest absolute Gasteiger partial charge is 0.419 e. The zero-order valence-electron chi connectivity index (χ0n) is 11.3. The first-order chi connectivity index (χ1) is 9.52. The van der Waals surface area contributed by atoms with Gasteiger partial charge in [-0.3, -0.25) is 9.36 Å². The van der Waals surface area contributed by atoms with E-state index in [9.17, 15) is 9.59 Å². The van der Waals surface area contributed by atoms with E-state index < -0.39 is 5.97 Å². The van der Waals surface area contributed by atoms with Crippen molar-refractivity contribution < 1.29 is 14.3 Å². The largest absolute Gasteiger partial charge is 0.481 e. The molecule has 0 aliphatic rings. The summed E-state index contributed by atoms with van der Waals surface area (Å²) in [4.78, 5) is 22.3. The lowest BCUT2D eigenvalue weighted by Gasteiger charge is -2.10. The summed E-state index contributed by atoms with van der Waals surface area (Å²) in [6.07, 6.45) is 1.20. The van der Waals surface area contributed by atoms with Crippen LogP contribution in [0.2, 0.25) is 0 Å². The number of nitrogens with zero attached hydrogens (tertiary/aromatic N) is 1. The standard InChI is InChI=1S/C14H18N2O4/c1-2-7-16-11-5-3-9(8-12(11)20-14(16)19)10(15)4-6-13(17)18/h3,5,8,10H,2,4,6-7,15H2,1H3,(H,17,18). The number of aliphatic carboxylic acids is 1. The highest BCUT2D eigenvalue weighted by molar-refractivity contribution is 5.74. The van der Waals surface area contributed by atoms with E-state index in [0.717, 1.165) is 17.5 Å². The van der Waals surface area contributed by atoms with Crippen LogP contribution in [0.15, 0.2) is 27.4 Å². The summed E-state index contributed by atoms with van der Waals surface area (Å²) < 4.78 is 6.79. The minimum atomic E-state index is -0.873. The molecule has 1 aromatic heterocycles. The number of fused-ring (bicyclic) bond motifs is 1. The number of aryl methyl sites for hydroxylation is 1. The lowest BCUT2D eigenvalue weighted by molar-refractivity contribution is -0.137. The van der Waals surface area contributed by atoms with E-state index in [4.69, 9.17) is 15.3 Å². The second-order valence-corrected chi connectivity index (χ2v) is 4.79. The average Bonchev–Trinajstić information content (AvgIpc) is 2.72. The van der Waals surface area contributed by atoms with Crippen molar-refractivity contribution in [3.8, 4) is 0 Å². The number of aromatic nitrogens is 1. The number of carboxylic acids is 1. The van der Waals surface area contributed by atoms with Gasteiger partial charge in [0.25, 0.3) is 0 Å². The number of carbonyl (C=O) groups is 1. The van der Waals surface area contributed by atoms with Crippen LogP contribution >= 0.6 is 0 Å². The van der Waals surface area contributed by atoms with E-state index in [2.05, 4.69) is 0 Å². The van der Waals surface area contributed by atoms with Crippen LogP contribution in [0.5, 0.6) is 0 Å². The van der Waals surface area contributed by atoms with Gasteiger partial charge >= 0.3 is 11.7 Å². The zero-order valence-corrected chi connectivity index (χ0v) is 11.3. The highest BCUT2D eigenvalue weighted by atomic mass is 16.4. The normalized spacial score (nSPS) is 12.7. The van der Waals surface area contributed by atoms with Crippen molar-refractivity contribution in [1.82, 2.24) is 4.57 Å². The van der Waals surface area contributed by atoms with Crippen LogP contribution in [0.25, 0.3) is 11.1 Å². The molecule has 20 heavy (non-hydrogen) atoms. The van der Waals surface area contributed by atoms with E-state index >= 15 is 0 Å². The number of hydrogen-bond donors (Lipinski definition) is 2. The molecule has 0 spiro atoms. The van der Waals surface area contributed by atoms with Gasteiger partial charge in [0, 0.05) is 19.0 Å². The van der Waals surface area contributed by atoms with Crippen LogP contribution in [-0.4, -0.2) is 15.6 Å². The maximum absolute atomic E-state index is 11.7. The van der Waals surface area contributed by atoms with Gasteiger partial charge in [-0.05, 0) is 30.5 Å². The van der Waals surface area contributed by atoms with Gasteiger partial charge in [0.2, 0.25) is 0 Å². The minimum absolute atomic E-state index is 0.0139. The number of nitrogens with two attached hydrogens (primary N) is 1. The third-order valence-corrected chi connectivity index (χ3v) is 3.24. The van der Waals surface area contributed by atoms with Crippen molar-refractivity contribution in [2.45, 2.75) is 38.8 Å². The fraction of sp³-hybridized carbons (Fsp3) is 0.429. The van der Waals surface area contributed by atoms with Crippen molar-refractivity contribution in [3.63, 3.8) is 0 Å². The van der Waals surface area contributed by atoms with Crippen LogP contribution in [0.3, 0.4) is 0 Å². The molecule has 0 aliphatic heterocycles. The Kier molecular flexibility index (Phi) is 4.24. The first-order valence-corrected chi connectivity index (χ1v) is 6.63. The van der Waals surface area contributed by atoms with Crippen molar-refractivity contribution >= 4 is 17.1 Å². The molecule has 2 rings (SSSR count). The predicted molar refractivity (Wildman–Crippen MR) is 74.6 cm³/mol. The molecular weight excluding hydrogens is 260 g/mol. The molecule has 0 bridgehead atoms. The van der Waals surface area contributed by atoms with Gasteiger partial charge in [-0.25, -0.2) is 4.79 Å². The Morgan fingerprint density at radius 1 is 1.50 bits per heavy atom. The Morgan fingerprint density at radius 2 is 2.25 bits per heavy atom. The summed E-state index contributed by atoms with van der Waals surface area (Å²) in [5.41, 5.74) is 7.96. The van der Waals surface area contributed by atoms with Crippen LogP contribution in [0, 0.1) is 0 Å². The fourth-order valence-electron chi connectivity index (χ4n) is 2.19. The highest BCUT2D eigenvalue weighted by Crippen LogP contribution is 2.21. The average molecular weight is 278 g/mol. The van der Waals surface area contributed by atoms with E-state index in [1.807, 2.05) is 13.0 Å². The maximum atomic E-state index is 11.7.